The maximum atomic E-state index is 13.0. The molecule has 2 aromatic rings. The first kappa shape index (κ1) is 16.4. The SMILES string of the molecule is O=C(NC1CCCCC1)c1cccnc1NCc1ccc(F)cc1. The van der Waals surface area contributed by atoms with Crippen LogP contribution in [-0.2, 0) is 6.54 Å². The van der Waals surface area contributed by atoms with Crippen LogP contribution in [0.2, 0.25) is 0 Å². The molecular formula is C19H22FN3O. The summed E-state index contributed by atoms with van der Waals surface area (Å²) in [5.74, 6) is 0.205. The zero-order valence-electron chi connectivity index (χ0n) is 13.6. The van der Waals surface area contributed by atoms with Crippen molar-refractivity contribution in [2.45, 2.75) is 44.7 Å². The second-order valence-corrected chi connectivity index (χ2v) is 6.19. The molecule has 3 rings (SSSR count). The summed E-state index contributed by atoms with van der Waals surface area (Å²) in [5.41, 5.74) is 1.48. The fourth-order valence-electron chi connectivity index (χ4n) is 3.03. The topological polar surface area (TPSA) is 54.0 Å². The first-order valence-electron chi connectivity index (χ1n) is 8.46. The van der Waals surface area contributed by atoms with Crippen molar-refractivity contribution in [1.82, 2.24) is 10.3 Å². The molecule has 4 nitrogen and oxygen atoms in total. The van der Waals surface area contributed by atoms with E-state index in [2.05, 4.69) is 15.6 Å². The summed E-state index contributed by atoms with van der Waals surface area (Å²) in [4.78, 5) is 16.8. The lowest BCUT2D eigenvalue weighted by atomic mass is 9.95. The van der Waals surface area contributed by atoms with Crippen molar-refractivity contribution in [3.05, 3.63) is 59.5 Å². The number of rotatable bonds is 5. The molecule has 1 fully saturated rings. The minimum atomic E-state index is -0.260. The lowest BCUT2D eigenvalue weighted by molar-refractivity contribution is 0.0928. The number of carbonyl (C=O) groups is 1. The van der Waals surface area contributed by atoms with Gasteiger partial charge in [-0.1, -0.05) is 31.4 Å². The van der Waals surface area contributed by atoms with Crippen LogP contribution in [0.15, 0.2) is 42.6 Å². The Bertz CT molecular complexity index is 681. The molecule has 0 aliphatic heterocycles. The average molecular weight is 327 g/mol. The Labute approximate surface area is 141 Å². The highest BCUT2D eigenvalue weighted by Crippen LogP contribution is 2.19. The van der Waals surface area contributed by atoms with E-state index in [1.807, 2.05) is 0 Å². The van der Waals surface area contributed by atoms with E-state index in [0.717, 1.165) is 18.4 Å². The molecule has 1 saturated carbocycles. The molecule has 126 valence electrons. The molecule has 1 aromatic heterocycles. The number of hydrogen-bond donors (Lipinski definition) is 2. The molecule has 24 heavy (non-hydrogen) atoms. The number of hydrogen-bond acceptors (Lipinski definition) is 3. The third kappa shape index (κ3) is 4.31. The first-order valence-corrected chi connectivity index (χ1v) is 8.46. The predicted octanol–water partition coefficient (Wildman–Crippen LogP) is 3.90. The number of nitrogens with one attached hydrogen (secondary N) is 2. The normalized spacial score (nSPS) is 15.0. The minimum Gasteiger partial charge on any atom is -0.365 e. The molecule has 5 heteroatoms. The molecule has 0 spiro atoms. The summed E-state index contributed by atoms with van der Waals surface area (Å²) in [6.07, 6.45) is 7.35. The third-order valence-electron chi connectivity index (χ3n) is 4.37. The van der Waals surface area contributed by atoms with Gasteiger partial charge in [-0.05, 0) is 42.7 Å². The Morgan fingerprint density at radius 2 is 1.88 bits per heavy atom. The second-order valence-electron chi connectivity index (χ2n) is 6.19. The molecule has 0 radical (unpaired) electrons. The van der Waals surface area contributed by atoms with Crippen LogP contribution in [0.4, 0.5) is 10.2 Å². The van der Waals surface area contributed by atoms with Gasteiger partial charge in [-0.15, -0.1) is 0 Å². The molecule has 1 aromatic carbocycles. The number of amides is 1. The highest BCUT2D eigenvalue weighted by Gasteiger charge is 2.18. The van der Waals surface area contributed by atoms with Crippen LogP contribution in [0.25, 0.3) is 0 Å². The van der Waals surface area contributed by atoms with Crippen LogP contribution >= 0.6 is 0 Å². The van der Waals surface area contributed by atoms with Crippen molar-refractivity contribution in [1.29, 1.82) is 0 Å². The standard InChI is InChI=1S/C19H22FN3O/c20-15-10-8-14(9-11-15)13-22-18-17(7-4-12-21-18)19(24)23-16-5-2-1-3-6-16/h4,7-12,16H,1-3,5-6,13H2,(H,21,22)(H,23,24). The van der Waals surface area contributed by atoms with Crippen molar-refractivity contribution in [3.8, 4) is 0 Å². The summed E-state index contributed by atoms with van der Waals surface area (Å²) in [7, 11) is 0. The number of carbonyl (C=O) groups excluding carboxylic acids is 1. The van der Waals surface area contributed by atoms with Crippen molar-refractivity contribution >= 4 is 11.7 Å². The summed E-state index contributed by atoms with van der Waals surface area (Å²) in [6.45, 7) is 0.487. The van der Waals surface area contributed by atoms with Gasteiger partial charge in [0, 0.05) is 18.8 Å². The number of halogens is 1. The predicted molar refractivity (Wildman–Crippen MR) is 92.3 cm³/mol. The molecule has 1 aliphatic rings. The molecule has 0 atom stereocenters. The highest BCUT2D eigenvalue weighted by molar-refractivity contribution is 5.98. The van der Waals surface area contributed by atoms with Crippen LogP contribution in [0.3, 0.4) is 0 Å². The lowest BCUT2D eigenvalue weighted by Crippen LogP contribution is -2.36. The van der Waals surface area contributed by atoms with E-state index in [1.165, 1.54) is 31.4 Å². The van der Waals surface area contributed by atoms with Crippen LogP contribution < -0.4 is 10.6 Å². The molecule has 1 amide bonds. The largest absolute Gasteiger partial charge is 0.365 e. The van der Waals surface area contributed by atoms with Crippen LogP contribution in [-0.4, -0.2) is 16.9 Å². The zero-order chi connectivity index (χ0) is 16.8. The second kappa shape index (κ2) is 7.90. The number of anilines is 1. The van der Waals surface area contributed by atoms with E-state index in [9.17, 15) is 9.18 Å². The lowest BCUT2D eigenvalue weighted by Gasteiger charge is -2.23. The van der Waals surface area contributed by atoms with Gasteiger partial charge in [0.05, 0.1) is 5.56 Å². The summed E-state index contributed by atoms with van der Waals surface area (Å²) >= 11 is 0. The summed E-state index contributed by atoms with van der Waals surface area (Å²) in [6, 6.07) is 10.1. The van der Waals surface area contributed by atoms with Crippen molar-refractivity contribution in [3.63, 3.8) is 0 Å². The van der Waals surface area contributed by atoms with Gasteiger partial charge in [0.15, 0.2) is 0 Å². The molecule has 0 bridgehead atoms. The van der Waals surface area contributed by atoms with Crippen LogP contribution in [0.1, 0.15) is 48.0 Å². The van der Waals surface area contributed by atoms with E-state index in [0.29, 0.717) is 17.9 Å². The summed E-state index contributed by atoms with van der Waals surface area (Å²) in [5, 5.41) is 6.29. The van der Waals surface area contributed by atoms with Gasteiger partial charge in [0.25, 0.3) is 5.91 Å². The zero-order valence-corrected chi connectivity index (χ0v) is 13.6. The molecule has 0 unspecified atom stereocenters. The minimum absolute atomic E-state index is 0.0865. The Morgan fingerprint density at radius 1 is 1.12 bits per heavy atom. The van der Waals surface area contributed by atoms with Gasteiger partial charge in [-0.25, -0.2) is 9.37 Å². The number of benzene rings is 1. The average Bonchev–Trinajstić information content (AvgIpc) is 2.62. The Balaban J connectivity index is 1.65. The van der Waals surface area contributed by atoms with Gasteiger partial charge in [0.2, 0.25) is 0 Å². The van der Waals surface area contributed by atoms with Crippen molar-refractivity contribution in [2.75, 3.05) is 5.32 Å². The Morgan fingerprint density at radius 3 is 2.62 bits per heavy atom. The Kier molecular flexibility index (Phi) is 5.41. The highest BCUT2D eigenvalue weighted by atomic mass is 19.1. The van der Waals surface area contributed by atoms with E-state index >= 15 is 0 Å². The van der Waals surface area contributed by atoms with Gasteiger partial charge in [-0.3, -0.25) is 4.79 Å². The Hall–Kier alpha value is -2.43. The van der Waals surface area contributed by atoms with Crippen LogP contribution in [0, 0.1) is 5.82 Å². The maximum absolute atomic E-state index is 13.0. The van der Waals surface area contributed by atoms with E-state index < -0.39 is 0 Å². The monoisotopic (exact) mass is 327 g/mol. The first-order chi connectivity index (χ1) is 11.7. The number of aromatic nitrogens is 1. The maximum Gasteiger partial charge on any atom is 0.255 e. The fourth-order valence-corrected chi connectivity index (χ4v) is 3.03. The van der Waals surface area contributed by atoms with Crippen LogP contribution in [0.5, 0.6) is 0 Å². The summed E-state index contributed by atoms with van der Waals surface area (Å²) < 4.78 is 13.0. The molecular weight excluding hydrogens is 305 g/mol. The molecule has 0 saturated heterocycles. The molecule has 1 aliphatic carbocycles. The number of pyridine rings is 1. The number of nitrogens with zero attached hydrogens (tertiary/aromatic N) is 1. The van der Waals surface area contributed by atoms with Crippen molar-refractivity contribution in [2.24, 2.45) is 0 Å². The van der Waals surface area contributed by atoms with Gasteiger partial charge < -0.3 is 10.6 Å². The van der Waals surface area contributed by atoms with Gasteiger partial charge in [0.1, 0.15) is 11.6 Å². The van der Waals surface area contributed by atoms with E-state index in [1.54, 1.807) is 30.5 Å². The smallest absolute Gasteiger partial charge is 0.255 e. The molecule has 1 heterocycles. The fraction of sp³-hybridized carbons (Fsp3) is 0.368. The van der Waals surface area contributed by atoms with Gasteiger partial charge >= 0.3 is 0 Å². The van der Waals surface area contributed by atoms with E-state index in [4.69, 9.17) is 0 Å². The molecule has 2 N–H and O–H groups in total. The van der Waals surface area contributed by atoms with E-state index in [-0.39, 0.29) is 17.8 Å². The third-order valence-corrected chi connectivity index (χ3v) is 4.37. The quantitative estimate of drug-likeness (QED) is 0.876. The van der Waals surface area contributed by atoms with Gasteiger partial charge in [-0.2, -0.15) is 0 Å². The van der Waals surface area contributed by atoms with Crippen molar-refractivity contribution < 1.29 is 9.18 Å².